The fourth-order valence-electron chi connectivity index (χ4n) is 1.60. The molecule has 19 heavy (non-hydrogen) atoms. The molecule has 0 atom stereocenters. The molecule has 0 bridgehead atoms. The Kier molecular flexibility index (Phi) is 9.22. The summed E-state index contributed by atoms with van der Waals surface area (Å²) in [6.07, 6.45) is 2.12. The lowest BCUT2D eigenvalue weighted by Crippen LogP contribution is -2.15. The molecule has 108 valence electrons. The molecule has 0 aromatic heterocycles. The smallest absolute Gasteiger partial charge is 0.0700 e. The van der Waals surface area contributed by atoms with Gasteiger partial charge < -0.3 is 14.8 Å². The van der Waals surface area contributed by atoms with Crippen LogP contribution in [0.1, 0.15) is 18.4 Å². The summed E-state index contributed by atoms with van der Waals surface area (Å²) in [5, 5.41) is 4.81. The van der Waals surface area contributed by atoms with Crippen molar-refractivity contribution in [3.8, 4) is 0 Å². The van der Waals surface area contributed by atoms with E-state index in [1.165, 1.54) is 0 Å². The van der Waals surface area contributed by atoms with Crippen LogP contribution in [-0.2, 0) is 16.0 Å². The van der Waals surface area contributed by atoms with Crippen LogP contribution in [0.15, 0.2) is 18.2 Å². The summed E-state index contributed by atoms with van der Waals surface area (Å²) in [7, 11) is 1.67. The van der Waals surface area contributed by atoms with E-state index in [0.29, 0.717) is 18.2 Å². The molecule has 3 nitrogen and oxygen atoms in total. The summed E-state index contributed by atoms with van der Waals surface area (Å²) in [4.78, 5) is 0. The molecule has 0 amide bonds. The zero-order chi connectivity index (χ0) is 13.9. The van der Waals surface area contributed by atoms with Crippen LogP contribution in [0, 0.1) is 0 Å². The van der Waals surface area contributed by atoms with E-state index in [4.69, 9.17) is 32.7 Å². The zero-order valence-electron chi connectivity index (χ0n) is 11.3. The van der Waals surface area contributed by atoms with Crippen LogP contribution in [0.4, 0.5) is 0 Å². The van der Waals surface area contributed by atoms with E-state index in [1.807, 2.05) is 12.1 Å². The molecule has 0 aliphatic carbocycles. The van der Waals surface area contributed by atoms with Gasteiger partial charge in [0.05, 0.1) is 13.2 Å². The summed E-state index contributed by atoms with van der Waals surface area (Å²) >= 11 is 12.0. The number of hydrogen-bond acceptors (Lipinski definition) is 3. The fraction of sp³-hybridized carbons (Fsp3) is 0.571. The molecule has 0 heterocycles. The molecule has 1 N–H and O–H groups in total. The lowest BCUT2D eigenvalue weighted by Gasteiger charge is -2.07. The summed E-state index contributed by atoms with van der Waals surface area (Å²) in [6.45, 7) is 3.79. The maximum atomic E-state index is 6.08. The van der Waals surface area contributed by atoms with Crippen LogP contribution in [0.5, 0.6) is 0 Å². The minimum absolute atomic E-state index is 0.658. The SMILES string of the molecule is COCCOCCCCNCc1cc(Cl)ccc1Cl. The zero-order valence-corrected chi connectivity index (χ0v) is 12.8. The van der Waals surface area contributed by atoms with E-state index in [1.54, 1.807) is 13.2 Å². The Morgan fingerprint density at radius 3 is 2.74 bits per heavy atom. The van der Waals surface area contributed by atoms with Crippen LogP contribution >= 0.6 is 23.2 Å². The van der Waals surface area contributed by atoms with E-state index in [-0.39, 0.29) is 0 Å². The Balaban J connectivity index is 2.03. The standard InChI is InChI=1S/C14H21Cl2NO2/c1-18-8-9-19-7-3-2-6-17-11-12-10-13(15)4-5-14(12)16/h4-5,10,17H,2-3,6-9,11H2,1H3. The van der Waals surface area contributed by atoms with Crippen molar-refractivity contribution in [2.24, 2.45) is 0 Å². The Hall–Kier alpha value is -0.320. The fourth-order valence-corrected chi connectivity index (χ4v) is 1.98. The molecule has 1 rings (SSSR count). The van der Waals surface area contributed by atoms with Crippen LogP contribution in [-0.4, -0.2) is 33.5 Å². The molecular formula is C14H21Cl2NO2. The Morgan fingerprint density at radius 2 is 1.95 bits per heavy atom. The number of ether oxygens (including phenoxy) is 2. The lowest BCUT2D eigenvalue weighted by molar-refractivity contribution is 0.0688. The van der Waals surface area contributed by atoms with Crippen LogP contribution in [0.25, 0.3) is 0 Å². The first kappa shape index (κ1) is 16.7. The summed E-state index contributed by atoms with van der Waals surface area (Å²) in [6, 6.07) is 5.51. The van der Waals surface area contributed by atoms with Gasteiger partial charge in [-0.3, -0.25) is 0 Å². The molecule has 0 aliphatic heterocycles. The van der Waals surface area contributed by atoms with Gasteiger partial charge in [-0.25, -0.2) is 0 Å². The average Bonchev–Trinajstić information content (AvgIpc) is 2.40. The van der Waals surface area contributed by atoms with Gasteiger partial charge in [0.2, 0.25) is 0 Å². The monoisotopic (exact) mass is 305 g/mol. The number of unbranched alkanes of at least 4 members (excludes halogenated alkanes) is 1. The quantitative estimate of drug-likeness (QED) is 0.671. The highest BCUT2D eigenvalue weighted by atomic mass is 35.5. The molecule has 5 heteroatoms. The van der Waals surface area contributed by atoms with Crippen molar-refractivity contribution in [2.75, 3.05) is 33.5 Å². The third-order valence-electron chi connectivity index (χ3n) is 2.65. The minimum Gasteiger partial charge on any atom is -0.382 e. The van der Waals surface area contributed by atoms with Gasteiger partial charge >= 0.3 is 0 Å². The number of nitrogens with one attached hydrogen (secondary N) is 1. The van der Waals surface area contributed by atoms with E-state index in [2.05, 4.69) is 5.32 Å². The van der Waals surface area contributed by atoms with Crippen LogP contribution in [0.3, 0.4) is 0 Å². The van der Waals surface area contributed by atoms with Gasteiger partial charge in [0, 0.05) is 30.3 Å². The third-order valence-corrected chi connectivity index (χ3v) is 3.25. The predicted molar refractivity (Wildman–Crippen MR) is 80.1 cm³/mol. The van der Waals surface area contributed by atoms with Crippen molar-refractivity contribution in [3.05, 3.63) is 33.8 Å². The van der Waals surface area contributed by atoms with Crippen molar-refractivity contribution in [2.45, 2.75) is 19.4 Å². The molecule has 0 saturated heterocycles. The topological polar surface area (TPSA) is 30.5 Å². The third kappa shape index (κ3) is 7.75. The van der Waals surface area contributed by atoms with Gasteiger partial charge in [-0.15, -0.1) is 0 Å². The first-order valence-electron chi connectivity index (χ1n) is 6.45. The summed E-state index contributed by atoms with van der Waals surface area (Å²) in [5.41, 5.74) is 1.03. The van der Waals surface area contributed by atoms with Gasteiger partial charge in [-0.2, -0.15) is 0 Å². The second kappa shape index (κ2) is 10.5. The van der Waals surface area contributed by atoms with E-state index >= 15 is 0 Å². The maximum absolute atomic E-state index is 6.08. The van der Waals surface area contributed by atoms with Crippen molar-refractivity contribution in [1.29, 1.82) is 0 Å². The molecule has 0 saturated carbocycles. The molecule has 0 spiro atoms. The number of hydrogen-bond donors (Lipinski definition) is 1. The Labute approximate surface area is 125 Å². The van der Waals surface area contributed by atoms with E-state index in [9.17, 15) is 0 Å². The number of methoxy groups -OCH3 is 1. The molecular weight excluding hydrogens is 285 g/mol. The average molecular weight is 306 g/mol. The van der Waals surface area contributed by atoms with Gasteiger partial charge in [-0.05, 0) is 43.1 Å². The summed E-state index contributed by atoms with van der Waals surface area (Å²) < 4.78 is 10.3. The summed E-state index contributed by atoms with van der Waals surface area (Å²) in [5.74, 6) is 0. The van der Waals surface area contributed by atoms with Crippen molar-refractivity contribution in [3.63, 3.8) is 0 Å². The largest absolute Gasteiger partial charge is 0.382 e. The molecule has 0 radical (unpaired) electrons. The lowest BCUT2D eigenvalue weighted by atomic mass is 10.2. The predicted octanol–water partition coefficient (Wildman–Crippen LogP) is 3.53. The molecule has 1 aromatic carbocycles. The Morgan fingerprint density at radius 1 is 1.11 bits per heavy atom. The van der Waals surface area contributed by atoms with Crippen LogP contribution < -0.4 is 5.32 Å². The molecule has 0 aliphatic rings. The van der Waals surface area contributed by atoms with E-state index < -0.39 is 0 Å². The van der Waals surface area contributed by atoms with Crippen molar-refractivity contribution < 1.29 is 9.47 Å². The number of rotatable bonds is 10. The maximum Gasteiger partial charge on any atom is 0.0700 e. The highest BCUT2D eigenvalue weighted by molar-refractivity contribution is 6.33. The normalized spacial score (nSPS) is 10.9. The first-order valence-corrected chi connectivity index (χ1v) is 7.21. The highest BCUT2D eigenvalue weighted by Crippen LogP contribution is 2.20. The van der Waals surface area contributed by atoms with Gasteiger partial charge in [-0.1, -0.05) is 23.2 Å². The number of halogens is 2. The molecule has 0 unspecified atom stereocenters. The second-order valence-electron chi connectivity index (χ2n) is 4.22. The van der Waals surface area contributed by atoms with Crippen molar-refractivity contribution >= 4 is 23.2 Å². The molecule has 1 aromatic rings. The molecule has 0 fully saturated rings. The van der Waals surface area contributed by atoms with Crippen LogP contribution in [0.2, 0.25) is 10.0 Å². The minimum atomic E-state index is 0.658. The van der Waals surface area contributed by atoms with E-state index in [0.717, 1.165) is 43.1 Å². The van der Waals surface area contributed by atoms with Gasteiger partial charge in [0.1, 0.15) is 0 Å². The number of benzene rings is 1. The first-order chi connectivity index (χ1) is 9.24. The second-order valence-corrected chi connectivity index (χ2v) is 5.07. The highest BCUT2D eigenvalue weighted by Gasteiger charge is 2.00. The van der Waals surface area contributed by atoms with Gasteiger partial charge in [0.25, 0.3) is 0 Å². The Bertz CT molecular complexity index is 361. The van der Waals surface area contributed by atoms with Crippen molar-refractivity contribution in [1.82, 2.24) is 5.32 Å². The van der Waals surface area contributed by atoms with Gasteiger partial charge in [0.15, 0.2) is 0 Å².